The van der Waals surface area contributed by atoms with Gasteiger partial charge in [-0.3, -0.25) is 0 Å². The monoisotopic (exact) mass is 514 g/mol. The Morgan fingerprint density at radius 1 is 1.17 bits per heavy atom. The molecular formula is C26H30N2O7S. The quantitative estimate of drug-likeness (QED) is 0.248. The number of carbonyl (C=O) groups excluding carboxylic acids is 2. The van der Waals surface area contributed by atoms with E-state index < -0.39 is 29.3 Å². The highest BCUT2D eigenvalue weighted by Gasteiger charge is 2.26. The number of fused-ring (bicyclic) bond motifs is 1. The minimum Gasteiger partial charge on any atom is -0.504 e. The Morgan fingerprint density at radius 2 is 1.89 bits per heavy atom. The van der Waals surface area contributed by atoms with Crippen molar-refractivity contribution < 1.29 is 28.6 Å². The van der Waals surface area contributed by atoms with Crippen LogP contribution in [-0.2, 0) is 9.53 Å². The zero-order chi connectivity index (χ0) is 26.5. The summed E-state index contributed by atoms with van der Waals surface area (Å²) in [6.45, 7) is 5.17. The molecule has 10 heteroatoms. The second kappa shape index (κ2) is 11.4. The minimum atomic E-state index is -0.976. The fraction of sp³-hybridized carbons (Fsp3) is 0.346. The summed E-state index contributed by atoms with van der Waals surface area (Å²) in [5.74, 6) is -0.486. The van der Waals surface area contributed by atoms with Crippen molar-refractivity contribution in [3.8, 4) is 11.5 Å². The summed E-state index contributed by atoms with van der Waals surface area (Å²) in [4.78, 5) is 39.0. The van der Waals surface area contributed by atoms with E-state index in [1.165, 1.54) is 30.0 Å². The molecule has 2 aromatic carbocycles. The van der Waals surface area contributed by atoms with Crippen molar-refractivity contribution in [2.24, 2.45) is 0 Å². The molecule has 9 nitrogen and oxygen atoms in total. The lowest BCUT2D eigenvalue weighted by Gasteiger charge is -2.23. The summed E-state index contributed by atoms with van der Waals surface area (Å²) in [6.07, 6.45) is 1.46. The molecule has 0 aliphatic carbocycles. The molecule has 0 bridgehead atoms. The van der Waals surface area contributed by atoms with Gasteiger partial charge in [0, 0.05) is 30.3 Å². The average Bonchev–Trinajstić information content (AvgIpc) is 2.80. The van der Waals surface area contributed by atoms with Crippen molar-refractivity contribution in [2.75, 3.05) is 24.0 Å². The van der Waals surface area contributed by atoms with Gasteiger partial charge in [-0.2, -0.15) is 11.8 Å². The van der Waals surface area contributed by atoms with Gasteiger partial charge in [0.15, 0.2) is 11.5 Å². The number of para-hydroxylation sites is 1. The van der Waals surface area contributed by atoms with Gasteiger partial charge < -0.3 is 29.2 Å². The zero-order valence-corrected chi connectivity index (χ0v) is 21.7. The maximum absolute atomic E-state index is 13.0. The highest BCUT2D eigenvalue weighted by molar-refractivity contribution is 7.98. The van der Waals surface area contributed by atoms with Gasteiger partial charge in [-0.15, -0.1) is 0 Å². The van der Waals surface area contributed by atoms with Crippen molar-refractivity contribution in [3.05, 3.63) is 59.0 Å². The molecule has 0 aliphatic rings. The number of alkyl carbamates (subject to hydrolysis) is 1. The van der Waals surface area contributed by atoms with E-state index in [4.69, 9.17) is 13.9 Å². The predicted octanol–water partition coefficient (Wildman–Crippen LogP) is 4.82. The number of phenolic OH excluding ortho intramolecular Hbond substituents is 1. The van der Waals surface area contributed by atoms with Gasteiger partial charge in [0.1, 0.15) is 17.2 Å². The third-order valence-corrected chi connectivity index (χ3v) is 5.76. The molecule has 0 radical (unpaired) electrons. The number of anilines is 2. The van der Waals surface area contributed by atoms with Crippen LogP contribution in [0.4, 0.5) is 16.2 Å². The van der Waals surface area contributed by atoms with E-state index in [9.17, 15) is 19.5 Å². The number of thioether (sulfide) groups is 1. The number of esters is 1. The Kier molecular flexibility index (Phi) is 8.52. The molecular weight excluding hydrogens is 484 g/mol. The van der Waals surface area contributed by atoms with Crippen LogP contribution >= 0.6 is 11.8 Å². The van der Waals surface area contributed by atoms with E-state index in [1.807, 2.05) is 18.4 Å². The van der Waals surface area contributed by atoms with E-state index in [2.05, 4.69) is 5.32 Å². The van der Waals surface area contributed by atoms with Crippen LogP contribution in [0.5, 0.6) is 11.5 Å². The first kappa shape index (κ1) is 26.9. The van der Waals surface area contributed by atoms with E-state index >= 15 is 0 Å². The molecule has 36 heavy (non-hydrogen) atoms. The van der Waals surface area contributed by atoms with Crippen molar-refractivity contribution in [1.29, 1.82) is 0 Å². The Hall–Kier alpha value is -3.66. The highest BCUT2D eigenvalue weighted by atomic mass is 32.2. The van der Waals surface area contributed by atoms with Crippen LogP contribution in [0.25, 0.3) is 11.0 Å². The maximum Gasteiger partial charge on any atom is 0.408 e. The molecule has 1 heterocycles. The van der Waals surface area contributed by atoms with Crippen LogP contribution in [0.15, 0.2) is 57.7 Å². The molecule has 192 valence electrons. The lowest BCUT2D eigenvalue weighted by Crippen LogP contribution is -2.45. The van der Waals surface area contributed by atoms with Gasteiger partial charge in [-0.05, 0) is 63.5 Å². The van der Waals surface area contributed by atoms with Crippen molar-refractivity contribution in [1.82, 2.24) is 5.32 Å². The molecule has 3 rings (SSSR count). The van der Waals surface area contributed by atoms with Gasteiger partial charge in [-0.1, -0.05) is 12.1 Å². The van der Waals surface area contributed by atoms with Gasteiger partial charge in [-0.25, -0.2) is 14.4 Å². The summed E-state index contributed by atoms with van der Waals surface area (Å²) in [5, 5.41) is 13.6. The minimum absolute atomic E-state index is 0.0863. The van der Waals surface area contributed by atoms with Gasteiger partial charge >= 0.3 is 17.7 Å². The topological polar surface area (TPSA) is 118 Å². The summed E-state index contributed by atoms with van der Waals surface area (Å²) in [5.41, 5.74) is 0.322. The standard InChI is InChI=1S/C26H30N2O7S/c1-26(2,3)35-25(32)27-18(12-13-36-5)24(31)34-22-14-16(10-11-20(22)29)28(4)19-15-23(30)33-21-9-7-6-8-17(19)21/h6-11,14-15,18,29H,12-13H2,1-5H3,(H,27,32). The number of benzene rings is 2. The second-order valence-corrected chi connectivity index (χ2v) is 10.0. The normalized spacial score (nSPS) is 12.1. The van der Waals surface area contributed by atoms with Crippen LogP contribution in [0.1, 0.15) is 27.2 Å². The summed E-state index contributed by atoms with van der Waals surface area (Å²) >= 11 is 1.51. The number of carbonyl (C=O) groups is 2. The van der Waals surface area contributed by atoms with E-state index in [1.54, 1.807) is 50.9 Å². The Morgan fingerprint density at radius 3 is 2.58 bits per heavy atom. The molecule has 0 fully saturated rings. The Bertz CT molecular complexity index is 1300. The first-order chi connectivity index (χ1) is 17.0. The number of nitrogens with zero attached hydrogens (tertiary/aromatic N) is 1. The molecule has 1 amide bonds. The van der Waals surface area contributed by atoms with Crippen LogP contribution in [0.2, 0.25) is 0 Å². The molecule has 0 saturated heterocycles. The van der Waals surface area contributed by atoms with E-state index in [0.29, 0.717) is 34.5 Å². The van der Waals surface area contributed by atoms with Crippen LogP contribution in [0.3, 0.4) is 0 Å². The molecule has 1 atom stereocenters. The van der Waals surface area contributed by atoms with Crippen molar-refractivity contribution in [3.63, 3.8) is 0 Å². The van der Waals surface area contributed by atoms with Crippen LogP contribution < -0.4 is 20.6 Å². The molecule has 1 unspecified atom stereocenters. The lowest BCUT2D eigenvalue weighted by molar-refractivity contribution is -0.136. The fourth-order valence-electron chi connectivity index (χ4n) is 3.42. The fourth-order valence-corrected chi connectivity index (χ4v) is 3.89. The Labute approximate surface area is 213 Å². The van der Waals surface area contributed by atoms with Gasteiger partial charge in [0.2, 0.25) is 0 Å². The number of hydrogen-bond donors (Lipinski definition) is 2. The van der Waals surface area contributed by atoms with Crippen LogP contribution in [-0.4, -0.2) is 47.9 Å². The summed E-state index contributed by atoms with van der Waals surface area (Å²) < 4.78 is 16.0. The number of rotatable bonds is 8. The van der Waals surface area contributed by atoms with Crippen molar-refractivity contribution in [2.45, 2.75) is 38.8 Å². The van der Waals surface area contributed by atoms with Crippen molar-refractivity contribution >= 4 is 46.2 Å². The van der Waals surface area contributed by atoms with Crippen LogP contribution in [0, 0.1) is 0 Å². The summed E-state index contributed by atoms with van der Waals surface area (Å²) in [6, 6.07) is 12.0. The SMILES string of the molecule is CSCCC(NC(=O)OC(C)(C)C)C(=O)Oc1cc(N(C)c2cc(=O)oc3ccccc23)ccc1O. The molecule has 0 saturated carbocycles. The number of ether oxygens (including phenoxy) is 2. The number of phenols is 1. The molecule has 3 aromatic rings. The third kappa shape index (κ3) is 6.94. The molecule has 0 aliphatic heterocycles. The predicted molar refractivity (Wildman–Crippen MR) is 140 cm³/mol. The number of hydrogen-bond acceptors (Lipinski definition) is 9. The largest absolute Gasteiger partial charge is 0.504 e. The third-order valence-electron chi connectivity index (χ3n) is 5.12. The smallest absolute Gasteiger partial charge is 0.408 e. The van der Waals surface area contributed by atoms with Gasteiger partial charge in [0.05, 0.1) is 5.69 Å². The van der Waals surface area contributed by atoms with E-state index in [-0.39, 0.29) is 11.5 Å². The first-order valence-corrected chi connectivity index (χ1v) is 12.7. The van der Waals surface area contributed by atoms with Gasteiger partial charge in [0.25, 0.3) is 0 Å². The first-order valence-electron chi connectivity index (χ1n) is 11.3. The molecule has 0 spiro atoms. The second-order valence-electron chi connectivity index (χ2n) is 9.06. The van der Waals surface area contributed by atoms with E-state index in [0.717, 1.165) is 0 Å². The zero-order valence-electron chi connectivity index (χ0n) is 20.9. The maximum atomic E-state index is 13.0. The number of nitrogens with one attached hydrogen (secondary N) is 1. The average molecular weight is 515 g/mol. The highest BCUT2D eigenvalue weighted by Crippen LogP contribution is 2.35. The molecule has 1 aromatic heterocycles. The summed E-state index contributed by atoms with van der Waals surface area (Å²) in [7, 11) is 1.74. The molecule has 2 N–H and O–H groups in total. The lowest BCUT2D eigenvalue weighted by atomic mass is 10.1. The number of amides is 1. The number of aromatic hydroxyl groups is 1. The Balaban J connectivity index is 1.86.